The Balaban J connectivity index is 1.96. The SMILES string of the molecule is NC(Cc1cccc2c1Oc1ccccc1O2)C(=O)O. The fourth-order valence-electron chi connectivity index (χ4n) is 2.09. The molecule has 20 heavy (non-hydrogen) atoms. The van der Waals surface area contributed by atoms with Gasteiger partial charge < -0.3 is 20.3 Å². The second-order valence-electron chi connectivity index (χ2n) is 4.54. The number of fused-ring (bicyclic) bond motifs is 2. The second kappa shape index (κ2) is 4.86. The predicted molar refractivity (Wildman–Crippen MR) is 72.3 cm³/mol. The first kappa shape index (κ1) is 12.5. The third-order valence-corrected chi connectivity index (χ3v) is 3.10. The van der Waals surface area contributed by atoms with Crippen molar-refractivity contribution in [3.8, 4) is 23.0 Å². The Morgan fingerprint density at radius 2 is 1.70 bits per heavy atom. The number of hydrogen-bond donors (Lipinski definition) is 2. The lowest BCUT2D eigenvalue weighted by atomic mass is 10.0. The highest BCUT2D eigenvalue weighted by Crippen LogP contribution is 2.46. The summed E-state index contributed by atoms with van der Waals surface area (Å²) in [5, 5.41) is 8.91. The van der Waals surface area contributed by atoms with Crippen LogP contribution in [0.1, 0.15) is 5.56 Å². The van der Waals surface area contributed by atoms with E-state index < -0.39 is 12.0 Å². The van der Waals surface area contributed by atoms with Gasteiger partial charge in [0.15, 0.2) is 23.0 Å². The van der Waals surface area contributed by atoms with Crippen molar-refractivity contribution < 1.29 is 19.4 Å². The van der Waals surface area contributed by atoms with E-state index in [4.69, 9.17) is 20.3 Å². The summed E-state index contributed by atoms with van der Waals surface area (Å²) in [7, 11) is 0. The molecule has 0 saturated carbocycles. The average Bonchev–Trinajstić information content (AvgIpc) is 2.45. The number of aliphatic carboxylic acids is 1. The van der Waals surface area contributed by atoms with Gasteiger partial charge in [0.05, 0.1) is 0 Å². The molecule has 3 rings (SSSR count). The number of hydrogen-bond acceptors (Lipinski definition) is 4. The summed E-state index contributed by atoms with van der Waals surface area (Å²) in [5.74, 6) is 1.30. The molecule has 1 atom stereocenters. The molecule has 0 spiro atoms. The Kier molecular flexibility index (Phi) is 3.04. The van der Waals surface area contributed by atoms with Crippen molar-refractivity contribution in [2.24, 2.45) is 5.73 Å². The fourth-order valence-corrected chi connectivity index (χ4v) is 2.09. The van der Waals surface area contributed by atoms with E-state index in [2.05, 4.69) is 0 Å². The van der Waals surface area contributed by atoms with Crippen LogP contribution in [0.3, 0.4) is 0 Å². The van der Waals surface area contributed by atoms with E-state index in [1.54, 1.807) is 24.3 Å². The number of nitrogens with two attached hydrogens (primary N) is 1. The summed E-state index contributed by atoms with van der Waals surface area (Å²) in [5.41, 5.74) is 6.30. The second-order valence-corrected chi connectivity index (χ2v) is 4.54. The lowest BCUT2D eigenvalue weighted by Gasteiger charge is -2.23. The van der Waals surface area contributed by atoms with Crippen molar-refractivity contribution in [3.63, 3.8) is 0 Å². The Labute approximate surface area is 115 Å². The molecule has 1 heterocycles. The van der Waals surface area contributed by atoms with E-state index in [1.807, 2.05) is 18.2 Å². The van der Waals surface area contributed by atoms with Gasteiger partial charge in [-0.05, 0) is 18.2 Å². The molecule has 1 aliphatic heterocycles. The lowest BCUT2D eigenvalue weighted by Crippen LogP contribution is -2.32. The number of carboxylic acids is 1. The van der Waals surface area contributed by atoms with Crippen LogP contribution in [0.5, 0.6) is 23.0 Å². The van der Waals surface area contributed by atoms with Crippen molar-refractivity contribution in [2.75, 3.05) is 0 Å². The Hall–Kier alpha value is -2.53. The number of rotatable bonds is 3. The van der Waals surface area contributed by atoms with Gasteiger partial charge in [-0.15, -0.1) is 0 Å². The minimum atomic E-state index is -1.04. The topological polar surface area (TPSA) is 81.8 Å². The molecule has 1 unspecified atom stereocenters. The van der Waals surface area contributed by atoms with Crippen LogP contribution in [0.15, 0.2) is 42.5 Å². The van der Waals surface area contributed by atoms with Crippen molar-refractivity contribution in [2.45, 2.75) is 12.5 Å². The molecule has 2 aromatic rings. The maximum atomic E-state index is 10.9. The molecule has 0 aliphatic carbocycles. The zero-order valence-corrected chi connectivity index (χ0v) is 10.6. The van der Waals surface area contributed by atoms with Gasteiger partial charge >= 0.3 is 5.97 Å². The summed E-state index contributed by atoms with van der Waals surface area (Å²) in [6, 6.07) is 11.7. The van der Waals surface area contributed by atoms with E-state index in [1.165, 1.54) is 0 Å². The van der Waals surface area contributed by atoms with E-state index in [-0.39, 0.29) is 6.42 Å². The molecular weight excluding hydrogens is 258 g/mol. The van der Waals surface area contributed by atoms with Gasteiger partial charge in [0, 0.05) is 12.0 Å². The quantitative estimate of drug-likeness (QED) is 0.765. The molecule has 0 fully saturated rings. The highest BCUT2D eigenvalue weighted by molar-refractivity contribution is 5.74. The maximum absolute atomic E-state index is 10.9. The van der Waals surface area contributed by atoms with Crippen molar-refractivity contribution in [1.29, 1.82) is 0 Å². The third-order valence-electron chi connectivity index (χ3n) is 3.10. The minimum absolute atomic E-state index is 0.185. The Morgan fingerprint density at radius 1 is 1.05 bits per heavy atom. The molecular formula is C15H13NO4. The van der Waals surface area contributed by atoms with Crippen LogP contribution in [-0.4, -0.2) is 17.1 Å². The highest BCUT2D eigenvalue weighted by atomic mass is 16.6. The number of benzene rings is 2. The van der Waals surface area contributed by atoms with Crippen LogP contribution in [-0.2, 0) is 11.2 Å². The Bertz CT molecular complexity index is 669. The van der Waals surface area contributed by atoms with Crippen molar-refractivity contribution in [3.05, 3.63) is 48.0 Å². The van der Waals surface area contributed by atoms with Crippen LogP contribution >= 0.6 is 0 Å². The maximum Gasteiger partial charge on any atom is 0.320 e. The molecule has 0 amide bonds. The first-order chi connectivity index (χ1) is 9.65. The number of carbonyl (C=O) groups is 1. The van der Waals surface area contributed by atoms with Crippen molar-refractivity contribution in [1.82, 2.24) is 0 Å². The lowest BCUT2D eigenvalue weighted by molar-refractivity contribution is -0.138. The van der Waals surface area contributed by atoms with Gasteiger partial charge in [-0.2, -0.15) is 0 Å². The van der Waals surface area contributed by atoms with Crippen LogP contribution in [0.25, 0.3) is 0 Å². The summed E-state index contributed by atoms with van der Waals surface area (Å²) < 4.78 is 11.6. The Morgan fingerprint density at radius 3 is 2.40 bits per heavy atom. The van der Waals surface area contributed by atoms with Crippen LogP contribution in [0.2, 0.25) is 0 Å². The van der Waals surface area contributed by atoms with Crippen LogP contribution < -0.4 is 15.2 Å². The molecule has 1 aliphatic rings. The first-order valence-electron chi connectivity index (χ1n) is 6.20. The molecule has 0 radical (unpaired) electrons. The summed E-state index contributed by atoms with van der Waals surface area (Å²) in [6.45, 7) is 0. The standard InChI is InChI=1S/C15H13NO4/c16-10(15(17)18)8-9-4-3-7-13-14(9)20-12-6-2-1-5-11(12)19-13/h1-7,10H,8,16H2,(H,17,18). The summed E-state index contributed by atoms with van der Waals surface area (Å²) >= 11 is 0. The van der Waals surface area contributed by atoms with Gasteiger partial charge in [0.2, 0.25) is 0 Å². The van der Waals surface area contributed by atoms with E-state index in [9.17, 15) is 4.79 Å². The highest BCUT2D eigenvalue weighted by Gasteiger charge is 2.23. The van der Waals surface area contributed by atoms with Crippen LogP contribution in [0.4, 0.5) is 0 Å². The molecule has 0 saturated heterocycles. The number of carboxylic acid groups (broad SMARTS) is 1. The molecule has 2 aromatic carbocycles. The molecule has 5 heteroatoms. The van der Waals surface area contributed by atoms with Crippen LogP contribution in [0, 0.1) is 0 Å². The molecule has 0 aromatic heterocycles. The number of ether oxygens (including phenoxy) is 2. The van der Waals surface area contributed by atoms with E-state index >= 15 is 0 Å². The van der Waals surface area contributed by atoms with Crippen molar-refractivity contribution >= 4 is 5.97 Å². The monoisotopic (exact) mass is 271 g/mol. The first-order valence-corrected chi connectivity index (χ1v) is 6.20. The third kappa shape index (κ3) is 2.19. The molecule has 5 nitrogen and oxygen atoms in total. The van der Waals surface area contributed by atoms with Gasteiger partial charge in [-0.3, -0.25) is 4.79 Å². The summed E-state index contributed by atoms with van der Waals surface area (Å²) in [4.78, 5) is 10.9. The number of para-hydroxylation sites is 3. The smallest absolute Gasteiger partial charge is 0.320 e. The van der Waals surface area contributed by atoms with E-state index in [0.29, 0.717) is 28.6 Å². The fraction of sp³-hybridized carbons (Fsp3) is 0.133. The van der Waals surface area contributed by atoms with Gasteiger partial charge in [-0.25, -0.2) is 0 Å². The summed E-state index contributed by atoms with van der Waals surface area (Å²) in [6.07, 6.45) is 0.185. The predicted octanol–water partition coefficient (Wildman–Crippen LogP) is 2.54. The average molecular weight is 271 g/mol. The molecule has 3 N–H and O–H groups in total. The normalized spacial score (nSPS) is 13.4. The molecule has 0 bridgehead atoms. The van der Waals surface area contributed by atoms with Gasteiger partial charge in [0.25, 0.3) is 0 Å². The zero-order valence-electron chi connectivity index (χ0n) is 10.6. The van der Waals surface area contributed by atoms with Gasteiger partial charge in [-0.1, -0.05) is 24.3 Å². The largest absolute Gasteiger partial charge is 0.480 e. The van der Waals surface area contributed by atoms with E-state index in [0.717, 1.165) is 0 Å². The zero-order chi connectivity index (χ0) is 14.1. The minimum Gasteiger partial charge on any atom is -0.480 e. The molecule has 102 valence electrons. The van der Waals surface area contributed by atoms with Gasteiger partial charge in [0.1, 0.15) is 6.04 Å².